The van der Waals surface area contributed by atoms with Crippen LogP contribution in [0.2, 0.25) is 26.2 Å². The van der Waals surface area contributed by atoms with Crippen molar-refractivity contribution in [2.75, 3.05) is 13.2 Å². The van der Waals surface area contributed by atoms with Gasteiger partial charge in [-0.3, -0.25) is 0 Å². The van der Waals surface area contributed by atoms with E-state index < -0.39 is 0 Å². The Morgan fingerprint density at radius 1 is 1.00 bits per heavy atom. The summed E-state index contributed by atoms with van der Waals surface area (Å²) in [6, 6.07) is 0. The molecule has 2 rings (SSSR count). The average molecular weight is 419 g/mol. The molecule has 27 heavy (non-hydrogen) atoms. The fourth-order valence-electron chi connectivity index (χ4n) is 2.03. The average Bonchev–Trinajstić information content (AvgIpc) is 3.47. The topological polar surface area (TPSA) is 21.8 Å². The van der Waals surface area contributed by atoms with E-state index in [1.54, 1.807) is 0 Å². The Bertz CT molecular complexity index is 257. The SMILES string of the molecule is C=CC(C)C.CC(C)COC1CO1.CCC1CCCCC1.C[SiH2]C.C[SiH2]C. The molecule has 0 radical (unpaired) electrons. The van der Waals surface area contributed by atoms with Crippen LogP contribution in [0.3, 0.4) is 0 Å². The quantitative estimate of drug-likeness (QED) is 0.296. The summed E-state index contributed by atoms with van der Waals surface area (Å²) in [5.74, 6) is 2.36. The van der Waals surface area contributed by atoms with Crippen molar-refractivity contribution in [1.82, 2.24) is 0 Å². The fourth-order valence-corrected chi connectivity index (χ4v) is 2.03. The molecule has 0 N–H and O–H groups in total. The summed E-state index contributed by atoms with van der Waals surface area (Å²) < 4.78 is 10.0. The molecular weight excluding hydrogens is 364 g/mol. The van der Waals surface area contributed by atoms with E-state index in [0.29, 0.717) is 30.9 Å². The number of hydrogen-bond donors (Lipinski definition) is 0. The zero-order valence-corrected chi connectivity index (χ0v) is 23.3. The molecule has 0 spiro atoms. The summed E-state index contributed by atoms with van der Waals surface area (Å²) in [5, 5.41) is 0. The predicted molar refractivity (Wildman–Crippen MR) is 133 cm³/mol. The molecule has 0 bridgehead atoms. The maximum Gasteiger partial charge on any atom is 0.181 e. The standard InChI is InChI=1S/C8H16.C6H12O2.C5H10.2C2H8Si/c1-2-8-6-4-3-5-7-8;1-5(2)3-7-6-4-8-6;1-4-5(2)3;2*1-3-2/h8H,2-7H2,1H3;5-6H,3-4H2,1-2H3;4-5H,1H2,2-3H3;2*3H2,1-2H3. The maximum absolute atomic E-state index is 5.19. The van der Waals surface area contributed by atoms with E-state index in [1.165, 1.54) is 38.5 Å². The van der Waals surface area contributed by atoms with Crippen molar-refractivity contribution in [3.63, 3.8) is 0 Å². The minimum atomic E-state index is 0.136. The van der Waals surface area contributed by atoms with Crippen molar-refractivity contribution in [3.8, 4) is 0 Å². The molecule has 0 aromatic heterocycles. The number of hydrogen-bond acceptors (Lipinski definition) is 2. The van der Waals surface area contributed by atoms with Crippen LogP contribution in [0.15, 0.2) is 12.7 Å². The van der Waals surface area contributed by atoms with Crippen LogP contribution in [-0.4, -0.2) is 38.5 Å². The largest absolute Gasteiger partial charge is 0.350 e. The van der Waals surface area contributed by atoms with Gasteiger partial charge in [-0.2, -0.15) is 0 Å². The van der Waals surface area contributed by atoms with Gasteiger partial charge in [-0.1, -0.05) is 105 Å². The zero-order valence-electron chi connectivity index (χ0n) is 20.5. The molecule has 1 aliphatic heterocycles. The normalized spacial score (nSPS) is 17.8. The van der Waals surface area contributed by atoms with Gasteiger partial charge >= 0.3 is 0 Å². The van der Waals surface area contributed by atoms with Gasteiger partial charge in [-0.05, 0) is 17.8 Å². The van der Waals surface area contributed by atoms with Crippen LogP contribution >= 0.6 is 0 Å². The van der Waals surface area contributed by atoms with Crippen molar-refractivity contribution in [1.29, 1.82) is 0 Å². The Morgan fingerprint density at radius 3 is 1.63 bits per heavy atom. The molecule has 0 amide bonds. The lowest BCUT2D eigenvalue weighted by Crippen LogP contribution is -2.03. The molecule has 1 aliphatic carbocycles. The third kappa shape index (κ3) is 37.5. The molecule has 2 nitrogen and oxygen atoms in total. The van der Waals surface area contributed by atoms with E-state index >= 15 is 0 Å². The van der Waals surface area contributed by atoms with Crippen LogP contribution in [0.4, 0.5) is 0 Å². The van der Waals surface area contributed by atoms with Gasteiger partial charge in [0.1, 0.15) is 6.61 Å². The molecule has 1 saturated heterocycles. The smallest absolute Gasteiger partial charge is 0.181 e. The summed E-state index contributed by atoms with van der Waals surface area (Å²) >= 11 is 0. The first-order valence-electron chi connectivity index (χ1n) is 11.7. The minimum absolute atomic E-state index is 0.136. The highest BCUT2D eigenvalue weighted by atomic mass is 28.2. The van der Waals surface area contributed by atoms with Gasteiger partial charge in [0, 0.05) is 19.0 Å². The molecule has 4 heteroatoms. The van der Waals surface area contributed by atoms with E-state index in [2.05, 4.69) is 67.4 Å². The Kier molecular flexibility index (Phi) is 30.7. The van der Waals surface area contributed by atoms with Crippen LogP contribution in [-0.2, 0) is 9.47 Å². The fraction of sp³-hybridized carbons (Fsp3) is 0.913. The molecule has 0 aromatic rings. The van der Waals surface area contributed by atoms with Gasteiger partial charge in [0.05, 0.1) is 6.61 Å². The van der Waals surface area contributed by atoms with E-state index in [0.717, 1.165) is 19.1 Å². The van der Waals surface area contributed by atoms with Crippen LogP contribution in [0.1, 0.15) is 73.1 Å². The Balaban J connectivity index is -0.000000286. The lowest BCUT2D eigenvalue weighted by Gasteiger charge is -2.18. The summed E-state index contributed by atoms with van der Waals surface area (Å²) in [6.07, 6.45) is 11.0. The van der Waals surface area contributed by atoms with Crippen LogP contribution in [0, 0.1) is 17.8 Å². The van der Waals surface area contributed by atoms with E-state index in [-0.39, 0.29) is 6.29 Å². The molecule has 2 fully saturated rings. The zero-order chi connectivity index (χ0) is 21.5. The molecule has 0 aromatic carbocycles. The summed E-state index contributed by atoms with van der Waals surface area (Å²) in [7, 11) is 0.833. The highest BCUT2D eigenvalue weighted by molar-refractivity contribution is 6.31. The molecule has 1 unspecified atom stereocenters. The molecule has 1 saturated carbocycles. The first-order valence-corrected chi connectivity index (χ1v) is 17.3. The molecule has 1 atom stereocenters. The number of ether oxygens (including phenoxy) is 2. The van der Waals surface area contributed by atoms with Crippen LogP contribution in [0.5, 0.6) is 0 Å². The van der Waals surface area contributed by atoms with E-state index in [4.69, 9.17) is 9.47 Å². The van der Waals surface area contributed by atoms with Crippen molar-refractivity contribution in [2.45, 2.75) is 106 Å². The lowest BCUT2D eigenvalue weighted by molar-refractivity contribution is 0.0343. The van der Waals surface area contributed by atoms with E-state index in [1.807, 2.05) is 6.08 Å². The summed E-state index contributed by atoms with van der Waals surface area (Å²) in [6.45, 7) is 25.0. The van der Waals surface area contributed by atoms with Crippen molar-refractivity contribution < 1.29 is 9.47 Å². The van der Waals surface area contributed by atoms with Gasteiger partial charge < -0.3 is 9.47 Å². The maximum atomic E-state index is 5.19. The van der Waals surface area contributed by atoms with Gasteiger partial charge in [0.15, 0.2) is 6.29 Å². The molecule has 2 aliphatic rings. The predicted octanol–water partition coefficient (Wildman–Crippen LogP) is 6.32. The highest BCUT2D eigenvalue weighted by Gasteiger charge is 2.22. The van der Waals surface area contributed by atoms with Crippen molar-refractivity contribution in [3.05, 3.63) is 12.7 Å². The Morgan fingerprint density at radius 2 is 1.41 bits per heavy atom. The molecule has 1 heterocycles. The number of rotatable bonds is 5. The summed E-state index contributed by atoms with van der Waals surface area (Å²) in [4.78, 5) is 0. The number of epoxide rings is 1. The van der Waals surface area contributed by atoms with Gasteiger partial charge in [0.25, 0.3) is 0 Å². The second-order valence-corrected chi connectivity index (χ2v) is 11.1. The minimum Gasteiger partial charge on any atom is -0.350 e. The third-order valence-electron chi connectivity index (χ3n) is 3.69. The van der Waals surface area contributed by atoms with Gasteiger partial charge in [-0.25, -0.2) is 0 Å². The molecular formula is C23H54O2Si2. The first kappa shape index (κ1) is 31.8. The molecule has 166 valence electrons. The monoisotopic (exact) mass is 418 g/mol. The second-order valence-electron chi connectivity index (χ2n) is 8.30. The van der Waals surface area contributed by atoms with Crippen molar-refractivity contribution >= 4 is 19.0 Å². The van der Waals surface area contributed by atoms with E-state index in [9.17, 15) is 0 Å². The Hall–Kier alpha value is 0.0938. The van der Waals surface area contributed by atoms with Crippen molar-refractivity contribution in [2.24, 2.45) is 17.8 Å². The van der Waals surface area contributed by atoms with Crippen LogP contribution < -0.4 is 0 Å². The number of allylic oxidation sites excluding steroid dienone is 1. The highest BCUT2D eigenvalue weighted by Crippen LogP contribution is 2.25. The lowest BCUT2D eigenvalue weighted by atomic mass is 9.88. The first-order chi connectivity index (χ1) is 12.8. The van der Waals surface area contributed by atoms with Crippen LogP contribution in [0.25, 0.3) is 0 Å². The summed E-state index contributed by atoms with van der Waals surface area (Å²) in [5.41, 5.74) is 0. The second kappa shape index (κ2) is 26.1. The Labute approximate surface area is 177 Å². The van der Waals surface area contributed by atoms with Gasteiger partial charge in [0.2, 0.25) is 0 Å². The van der Waals surface area contributed by atoms with Gasteiger partial charge in [-0.15, -0.1) is 6.58 Å². The third-order valence-corrected chi connectivity index (χ3v) is 3.69.